The van der Waals surface area contributed by atoms with E-state index < -0.39 is 35.3 Å². The van der Waals surface area contributed by atoms with E-state index in [0.717, 1.165) is 12.3 Å². The fourth-order valence-electron chi connectivity index (χ4n) is 4.68. The third kappa shape index (κ3) is 6.52. The molecule has 1 saturated carbocycles. The number of methoxy groups -OCH3 is 1. The van der Waals surface area contributed by atoms with Crippen molar-refractivity contribution in [3.05, 3.63) is 71.6 Å². The quantitative estimate of drug-likeness (QED) is 0.0830. The number of aromatic nitrogens is 2. The molecular formula is C32H29F4N3O6. The van der Waals surface area contributed by atoms with E-state index in [1.54, 1.807) is 32.0 Å². The number of carbonyl (C=O) groups excluding carboxylic acids is 2. The fourth-order valence-corrected chi connectivity index (χ4v) is 4.68. The zero-order chi connectivity index (χ0) is 32.5. The number of ether oxygens (including phenoxy) is 3. The van der Waals surface area contributed by atoms with Crippen molar-refractivity contribution in [2.24, 2.45) is 5.92 Å². The molecule has 0 bridgehead atoms. The third-order valence-electron chi connectivity index (χ3n) is 7.52. The van der Waals surface area contributed by atoms with Gasteiger partial charge in [-0.3, -0.25) is 20.0 Å². The van der Waals surface area contributed by atoms with Crippen molar-refractivity contribution >= 4 is 28.5 Å². The number of carbonyl (C=O) groups is 2. The van der Waals surface area contributed by atoms with Gasteiger partial charge in [0, 0.05) is 29.7 Å². The first-order valence-electron chi connectivity index (χ1n) is 14.0. The molecule has 0 aliphatic heterocycles. The van der Waals surface area contributed by atoms with Crippen LogP contribution < -0.4 is 9.47 Å². The summed E-state index contributed by atoms with van der Waals surface area (Å²) in [5, 5.41) is 8.16. The van der Waals surface area contributed by atoms with Crippen molar-refractivity contribution in [2.75, 3.05) is 20.3 Å². The molecule has 0 spiro atoms. The van der Waals surface area contributed by atoms with E-state index in [0.29, 0.717) is 33.8 Å². The van der Waals surface area contributed by atoms with Crippen LogP contribution in [-0.4, -0.2) is 53.9 Å². The highest BCUT2D eigenvalue weighted by Crippen LogP contribution is 2.59. The predicted molar refractivity (Wildman–Crippen MR) is 154 cm³/mol. The fraction of sp³-hybridized carbons (Fsp3) is 0.344. The van der Waals surface area contributed by atoms with E-state index in [-0.39, 0.29) is 54.8 Å². The molecule has 0 radical (unpaired) electrons. The second-order valence-corrected chi connectivity index (χ2v) is 11.0. The highest BCUT2D eigenvalue weighted by atomic mass is 19.4. The molecule has 9 nitrogen and oxygen atoms in total. The number of fused-ring (bicyclic) bond motifs is 1. The molecule has 4 aromatic rings. The number of benzene rings is 2. The maximum absolute atomic E-state index is 15.1. The Morgan fingerprint density at radius 1 is 1.07 bits per heavy atom. The number of halogens is 4. The van der Waals surface area contributed by atoms with Crippen LogP contribution in [0.5, 0.6) is 11.5 Å². The van der Waals surface area contributed by atoms with Crippen molar-refractivity contribution in [2.45, 2.75) is 44.7 Å². The zero-order valence-electron chi connectivity index (χ0n) is 24.6. The number of alkyl halides is 3. The molecule has 2 heterocycles. The molecule has 0 saturated heterocycles. The maximum atomic E-state index is 15.1. The van der Waals surface area contributed by atoms with Crippen LogP contribution in [0.15, 0.2) is 53.3 Å². The van der Waals surface area contributed by atoms with Gasteiger partial charge in [-0.05, 0) is 30.5 Å². The van der Waals surface area contributed by atoms with Gasteiger partial charge in [0.25, 0.3) is 0 Å². The average molecular weight is 628 g/mol. The predicted octanol–water partition coefficient (Wildman–Crippen LogP) is 6.39. The summed E-state index contributed by atoms with van der Waals surface area (Å²) in [5.74, 6) is -1.68. The largest absolute Gasteiger partial charge is 0.493 e. The minimum absolute atomic E-state index is 0.00227. The first-order valence-corrected chi connectivity index (χ1v) is 14.0. The number of hydrogen-bond donors (Lipinski definition) is 1. The molecule has 236 valence electrons. The van der Waals surface area contributed by atoms with E-state index in [9.17, 15) is 22.8 Å². The van der Waals surface area contributed by atoms with Gasteiger partial charge < -0.3 is 18.6 Å². The van der Waals surface area contributed by atoms with Gasteiger partial charge in [0.2, 0.25) is 0 Å². The van der Waals surface area contributed by atoms with E-state index >= 15 is 4.39 Å². The highest BCUT2D eigenvalue weighted by molar-refractivity contribution is 6.45. The lowest BCUT2D eigenvalue weighted by Gasteiger charge is -2.15. The Morgan fingerprint density at radius 3 is 2.44 bits per heavy atom. The van der Waals surface area contributed by atoms with Gasteiger partial charge in [-0.2, -0.15) is 13.2 Å². The van der Waals surface area contributed by atoms with E-state index in [4.69, 9.17) is 24.0 Å². The van der Waals surface area contributed by atoms with E-state index in [2.05, 4.69) is 9.97 Å². The molecule has 0 atom stereocenters. The van der Waals surface area contributed by atoms with Gasteiger partial charge in [0.05, 0.1) is 36.0 Å². The van der Waals surface area contributed by atoms with Gasteiger partial charge >= 0.3 is 12.1 Å². The SMILES string of the molecule is COc1cc2nc(-c3ccc(CC(=O)C(=N)c4coc(C5(C(F)(F)F)CC5)c4)c(F)c3)cnc2cc1OCCOC(=O)C(C)C. The Morgan fingerprint density at radius 2 is 1.80 bits per heavy atom. The van der Waals surface area contributed by atoms with Gasteiger partial charge in [0.1, 0.15) is 42.2 Å². The van der Waals surface area contributed by atoms with Crippen molar-refractivity contribution in [1.82, 2.24) is 9.97 Å². The van der Waals surface area contributed by atoms with Gasteiger partial charge in [-0.15, -0.1) is 0 Å². The molecule has 0 unspecified atom stereocenters. The minimum Gasteiger partial charge on any atom is -0.493 e. The number of ketones is 1. The van der Waals surface area contributed by atoms with Crippen LogP contribution in [0.25, 0.3) is 22.3 Å². The summed E-state index contributed by atoms with van der Waals surface area (Å²) in [5.41, 5.74) is -1.10. The third-order valence-corrected chi connectivity index (χ3v) is 7.52. The zero-order valence-corrected chi connectivity index (χ0v) is 24.6. The molecular weight excluding hydrogens is 598 g/mol. The molecule has 1 fully saturated rings. The molecule has 0 amide bonds. The summed E-state index contributed by atoms with van der Waals surface area (Å²) >= 11 is 0. The Labute approximate surface area is 255 Å². The lowest BCUT2D eigenvalue weighted by molar-refractivity contribution is -0.164. The Hall–Kier alpha value is -4.81. The van der Waals surface area contributed by atoms with Crippen LogP contribution in [0.1, 0.15) is 43.6 Å². The van der Waals surface area contributed by atoms with Gasteiger partial charge in [-0.1, -0.05) is 26.0 Å². The molecule has 2 aromatic heterocycles. The summed E-state index contributed by atoms with van der Waals surface area (Å²) in [6.07, 6.45) is -2.81. The molecule has 5 rings (SSSR count). The van der Waals surface area contributed by atoms with Crippen molar-refractivity contribution in [3.63, 3.8) is 0 Å². The molecule has 1 aliphatic carbocycles. The van der Waals surface area contributed by atoms with Gasteiger partial charge in [0.15, 0.2) is 17.3 Å². The molecule has 1 N–H and O–H groups in total. The topological polar surface area (TPSA) is 125 Å². The monoisotopic (exact) mass is 627 g/mol. The minimum atomic E-state index is -4.50. The number of hydrogen-bond acceptors (Lipinski definition) is 9. The summed E-state index contributed by atoms with van der Waals surface area (Å²) in [4.78, 5) is 33.3. The Kier molecular flexibility index (Phi) is 8.63. The summed E-state index contributed by atoms with van der Waals surface area (Å²) in [6.45, 7) is 3.62. The second-order valence-electron chi connectivity index (χ2n) is 11.0. The number of esters is 1. The van der Waals surface area contributed by atoms with Crippen molar-refractivity contribution < 1.29 is 45.8 Å². The first-order chi connectivity index (χ1) is 21.3. The first kappa shape index (κ1) is 31.6. The van der Waals surface area contributed by atoms with Crippen molar-refractivity contribution in [3.8, 4) is 22.8 Å². The van der Waals surface area contributed by atoms with E-state index in [1.807, 2.05) is 0 Å². The molecule has 2 aromatic carbocycles. The van der Waals surface area contributed by atoms with Crippen LogP contribution in [0, 0.1) is 17.1 Å². The second kappa shape index (κ2) is 12.3. The number of nitrogens with zero attached hydrogens (tertiary/aromatic N) is 2. The Bertz CT molecular complexity index is 1780. The van der Waals surface area contributed by atoms with Gasteiger partial charge in [-0.25, -0.2) is 9.37 Å². The van der Waals surface area contributed by atoms with Crippen LogP contribution in [0.2, 0.25) is 0 Å². The smallest absolute Gasteiger partial charge is 0.401 e. The number of furan rings is 1. The average Bonchev–Trinajstić information content (AvgIpc) is 3.69. The van der Waals surface area contributed by atoms with Crippen LogP contribution in [0.4, 0.5) is 17.6 Å². The standard InChI is InChI=1S/C32H29F4N3O6/c1-17(2)30(41)44-9-8-43-27-13-22-23(14-26(27)42-3)39-24(15-38-22)19-5-4-18(21(33)10-19)11-25(40)29(37)20-12-28(45-16-20)31(6-7-31)32(34,35)36/h4-5,10,12-17,37H,6-9,11H2,1-3H3. The summed E-state index contributed by atoms with van der Waals surface area (Å²) < 4.78 is 76.6. The highest BCUT2D eigenvalue weighted by Gasteiger charge is 2.66. The van der Waals surface area contributed by atoms with E-state index in [1.165, 1.54) is 25.4 Å². The molecule has 45 heavy (non-hydrogen) atoms. The van der Waals surface area contributed by atoms with Crippen LogP contribution in [0.3, 0.4) is 0 Å². The summed E-state index contributed by atoms with van der Waals surface area (Å²) in [7, 11) is 1.46. The molecule has 1 aliphatic rings. The molecule has 13 heteroatoms. The maximum Gasteiger partial charge on any atom is 0.401 e. The normalized spacial score (nSPS) is 14.0. The Balaban J connectivity index is 1.27. The lowest BCUT2D eigenvalue weighted by atomic mass is 9.98. The number of Topliss-reactive ketones (excluding diaryl/α,β-unsaturated/α-hetero) is 1. The van der Waals surface area contributed by atoms with Crippen LogP contribution >= 0.6 is 0 Å². The lowest BCUT2D eigenvalue weighted by Crippen LogP contribution is -2.28. The number of nitrogens with one attached hydrogen (secondary N) is 1. The summed E-state index contributed by atoms with van der Waals surface area (Å²) in [6, 6.07) is 8.41. The number of rotatable bonds is 12. The van der Waals surface area contributed by atoms with Crippen LogP contribution in [-0.2, 0) is 26.2 Å². The van der Waals surface area contributed by atoms with Crippen molar-refractivity contribution in [1.29, 1.82) is 5.41 Å².